The molecule has 2 aliphatic rings. The number of thioether (sulfide) groups is 1. The maximum atomic E-state index is 12.9. The van der Waals surface area contributed by atoms with Crippen molar-refractivity contribution in [2.24, 2.45) is 0 Å². The lowest BCUT2D eigenvalue weighted by molar-refractivity contribution is -0.132. The first-order valence-electron chi connectivity index (χ1n) is 8.59. The van der Waals surface area contributed by atoms with E-state index < -0.39 is 5.97 Å². The molecular weight excluding hydrogens is 364 g/mol. The zero-order chi connectivity index (χ0) is 19.0. The Balaban J connectivity index is 1.62. The van der Waals surface area contributed by atoms with E-state index in [0.29, 0.717) is 23.0 Å². The number of anilines is 2. The standard InChI is InChI=1S/C20H18N2O4S/c1-3-25-17-10-13(8-9-16(17)26-12(2)23)11-18-19(24)22-15-7-5-4-6-14(15)21-20(22)27-18/h4-11,20-21H,3H2,1-2H3. The van der Waals surface area contributed by atoms with E-state index in [2.05, 4.69) is 5.32 Å². The average molecular weight is 382 g/mol. The van der Waals surface area contributed by atoms with Gasteiger partial charge in [0.1, 0.15) is 0 Å². The van der Waals surface area contributed by atoms with Crippen LogP contribution < -0.4 is 19.7 Å². The Morgan fingerprint density at radius 1 is 1.26 bits per heavy atom. The zero-order valence-corrected chi connectivity index (χ0v) is 15.7. The summed E-state index contributed by atoms with van der Waals surface area (Å²) in [5.74, 6) is 0.396. The average Bonchev–Trinajstić information content (AvgIpc) is 3.14. The molecule has 0 saturated carbocycles. The van der Waals surface area contributed by atoms with Crippen LogP contribution in [0.5, 0.6) is 11.5 Å². The first kappa shape index (κ1) is 17.5. The fourth-order valence-electron chi connectivity index (χ4n) is 3.09. The summed E-state index contributed by atoms with van der Waals surface area (Å²) in [5.41, 5.74) is 2.53. The maximum Gasteiger partial charge on any atom is 0.308 e. The van der Waals surface area contributed by atoms with Crippen molar-refractivity contribution in [1.29, 1.82) is 0 Å². The number of ether oxygens (including phenoxy) is 2. The molecule has 0 radical (unpaired) electrons. The SMILES string of the molecule is CCOc1cc(C=C2SC3Nc4ccccc4N3C2=O)ccc1OC(C)=O. The molecule has 1 fully saturated rings. The molecule has 6 nitrogen and oxygen atoms in total. The van der Waals surface area contributed by atoms with Crippen LogP contribution in [0.25, 0.3) is 6.08 Å². The number of hydrogen-bond acceptors (Lipinski definition) is 6. The van der Waals surface area contributed by atoms with Crippen LogP contribution >= 0.6 is 11.8 Å². The second kappa shape index (κ2) is 7.00. The van der Waals surface area contributed by atoms with Crippen molar-refractivity contribution in [2.75, 3.05) is 16.8 Å². The quantitative estimate of drug-likeness (QED) is 0.492. The molecular formula is C20H18N2O4S. The van der Waals surface area contributed by atoms with Gasteiger partial charge < -0.3 is 14.8 Å². The van der Waals surface area contributed by atoms with Gasteiger partial charge in [0.15, 0.2) is 17.0 Å². The van der Waals surface area contributed by atoms with Crippen LogP contribution in [-0.2, 0) is 9.59 Å². The fourth-order valence-corrected chi connectivity index (χ4v) is 4.23. The van der Waals surface area contributed by atoms with Crippen LogP contribution in [0.15, 0.2) is 47.4 Å². The van der Waals surface area contributed by atoms with Gasteiger partial charge in [0, 0.05) is 6.92 Å². The molecule has 2 aromatic rings. The molecule has 2 heterocycles. The number of esters is 1. The Bertz CT molecular complexity index is 957. The zero-order valence-electron chi connectivity index (χ0n) is 14.9. The van der Waals surface area contributed by atoms with Gasteiger partial charge in [0.25, 0.3) is 5.91 Å². The van der Waals surface area contributed by atoms with Gasteiger partial charge in [-0.2, -0.15) is 0 Å². The largest absolute Gasteiger partial charge is 0.490 e. The summed E-state index contributed by atoms with van der Waals surface area (Å²) >= 11 is 1.48. The van der Waals surface area contributed by atoms with Gasteiger partial charge >= 0.3 is 5.97 Å². The minimum atomic E-state index is -0.408. The minimum Gasteiger partial charge on any atom is -0.490 e. The molecule has 0 aliphatic carbocycles. The highest BCUT2D eigenvalue weighted by Gasteiger charge is 2.42. The smallest absolute Gasteiger partial charge is 0.308 e. The maximum absolute atomic E-state index is 12.9. The number of carbonyl (C=O) groups excluding carboxylic acids is 2. The van der Waals surface area contributed by atoms with Crippen LogP contribution in [0, 0.1) is 0 Å². The molecule has 4 rings (SSSR count). The molecule has 2 aromatic carbocycles. The van der Waals surface area contributed by atoms with E-state index in [1.165, 1.54) is 18.7 Å². The van der Waals surface area contributed by atoms with Crippen molar-refractivity contribution in [3.05, 3.63) is 52.9 Å². The normalized spacial score (nSPS) is 18.9. The van der Waals surface area contributed by atoms with Crippen molar-refractivity contribution < 1.29 is 19.1 Å². The van der Waals surface area contributed by atoms with Gasteiger partial charge in [0.05, 0.1) is 22.9 Å². The first-order chi connectivity index (χ1) is 13.1. The second-order valence-electron chi connectivity index (χ2n) is 6.05. The molecule has 0 aromatic heterocycles. The fraction of sp³-hybridized carbons (Fsp3) is 0.200. The highest BCUT2D eigenvalue weighted by molar-refractivity contribution is 8.05. The summed E-state index contributed by atoms with van der Waals surface area (Å²) < 4.78 is 10.7. The van der Waals surface area contributed by atoms with Crippen molar-refractivity contribution in [3.63, 3.8) is 0 Å². The molecule has 1 atom stereocenters. The number of nitrogens with zero attached hydrogens (tertiary/aromatic N) is 1. The van der Waals surface area contributed by atoms with Gasteiger partial charge in [-0.3, -0.25) is 14.5 Å². The van der Waals surface area contributed by atoms with Crippen LogP contribution in [0.1, 0.15) is 19.4 Å². The predicted molar refractivity (Wildman–Crippen MR) is 106 cm³/mol. The van der Waals surface area contributed by atoms with Crippen LogP contribution in [0.4, 0.5) is 11.4 Å². The number of para-hydroxylation sites is 2. The third kappa shape index (κ3) is 3.26. The lowest BCUT2D eigenvalue weighted by atomic mass is 10.1. The minimum absolute atomic E-state index is 0.0375. The molecule has 2 aliphatic heterocycles. The molecule has 1 saturated heterocycles. The van der Waals surface area contributed by atoms with Gasteiger partial charge in [0.2, 0.25) is 0 Å². The molecule has 7 heteroatoms. The van der Waals surface area contributed by atoms with E-state index in [4.69, 9.17) is 9.47 Å². The molecule has 1 amide bonds. The Kier molecular flexibility index (Phi) is 4.53. The molecule has 0 spiro atoms. The summed E-state index contributed by atoms with van der Waals surface area (Å²) in [7, 11) is 0. The third-order valence-corrected chi connectivity index (χ3v) is 5.26. The summed E-state index contributed by atoms with van der Waals surface area (Å²) in [6.45, 7) is 3.65. The van der Waals surface area contributed by atoms with Crippen molar-refractivity contribution in [1.82, 2.24) is 0 Å². The van der Waals surface area contributed by atoms with Crippen LogP contribution in [0.2, 0.25) is 0 Å². The Hall–Kier alpha value is -2.93. The van der Waals surface area contributed by atoms with Crippen LogP contribution in [-0.4, -0.2) is 24.0 Å². The van der Waals surface area contributed by atoms with Gasteiger partial charge in [-0.1, -0.05) is 30.0 Å². The molecule has 1 N–H and O–H groups in total. The van der Waals surface area contributed by atoms with Crippen LogP contribution in [0.3, 0.4) is 0 Å². The summed E-state index contributed by atoms with van der Waals surface area (Å²) in [6, 6.07) is 13.0. The third-order valence-electron chi connectivity index (χ3n) is 4.16. The molecule has 0 bridgehead atoms. The van der Waals surface area contributed by atoms with E-state index in [1.54, 1.807) is 23.1 Å². The van der Waals surface area contributed by atoms with E-state index in [9.17, 15) is 9.59 Å². The summed E-state index contributed by atoms with van der Waals surface area (Å²) in [4.78, 5) is 26.5. The van der Waals surface area contributed by atoms with Crippen molar-refractivity contribution in [2.45, 2.75) is 19.3 Å². The summed E-state index contributed by atoms with van der Waals surface area (Å²) in [5, 5.41) is 3.35. The number of fused-ring (bicyclic) bond motifs is 3. The molecule has 27 heavy (non-hydrogen) atoms. The number of carbonyl (C=O) groups is 2. The van der Waals surface area contributed by atoms with E-state index in [0.717, 1.165) is 16.9 Å². The predicted octanol–water partition coefficient (Wildman–Crippen LogP) is 3.84. The van der Waals surface area contributed by atoms with E-state index in [1.807, 2.05) is 37.3 Å². The lowest BCUT2D eigenvalue weighted by Gasteiger charge is -2.12. The number of amides is 1. The first-order valence-corrected chi connectivity index (χ1v) is 9.47. The molecule has 138 valence electrons. The van der Waals surface area contributed by atoms with Crippen molar-refractivity contribution >= 4 is 41.1 Å². The Morgan fingerprint density at radius 3 is 2.85 bits per heavy atom. The van der Waals surface area contributed by atoms with Crippen molar-refractivity contribution in [3.8, 4) is 11.5 Å². The lowest BCUT2D eigenvalue weighted by Crippen LogP contribution is -2.31. The topological polar surface area (TPSA) is 67.9 Å². The van der Waals surface area contributed by atoms with Gasteiger partial charge in [-0.15, -0.1) is 0 Å². The second-order valence-corrected chi connectivity index (χ2v) is 7.17. The Labute approximate surface area is 161 Å². The highest BCUT2D eigenvalue weighted by atomic mass is 32.2. The van der Waals surface area contributed by atoms with Gasteiger partial charge in [-0.05, 0) is 42.8 Å². The highest BCUT2D eigenvalue weighted by Crippen LogP contribution is 2.47. The van der Waals surface area contributed by atoms with Gasteiger partial charge in [-0.25, -0.2) is 0 Å². The monoisotopic (exact) mass is 382 g/mol. The van der Waals surface area contributed by atoms with E-state index in [-0.39, 0.29) is 11.4 Å². The summed E-state index contributed by atoms with van der Waals surface area (Å²) in [6.07, 6.45) is 1.83. The Morgan fingerprint density at radius 2 is 2.07 bits per heavy atom. The van der Waals surface area contributed by atoms with E-state index >= 15 is 0 Å². The number of hydrogen-bond donors (Lipinski definition) is 1. The molecule has 1 unspecified atom stereocenters. The number of nitrogens with one attached hydrogen (secondary N) is 1. The number of rotatable bonds is 4. The number of benzene rings is 2.